The summed E-state index contributed by atoms with van der Waals surface area (Å²) in [5.41, 5.74) is 6.35. The van der Waals surface area contributed by atoms with Crippen LogP contribution in [0.5, 0.6) is 0 Å². The van der Waals surface area contributed by atoms with E-state index in [1.807, 2.05) is 31.2 Å². The molecule has 1 aliphatic rings. The molecule has 3 nitrogen and oxygen atoms in total. The van der Waals surface area contributed by atoms with E-state index in [1.54, 1.807) is 0 Å². The fourth-order valence-electron chi connectivity index (χ4n) is 1.80. The van der Waals surface area contributed by atoms with Crippen LogP contribution in [-0.4, -0.2) is 17.5 Å². The molecule has 17 heavy (non-hydrogen) atoms. The van der Waals surface area contributed by atoms with E-state index in [9.17, 15) is 4.79 Å². The van der Waals surface area contributed by atoms with Gasteiger partial charge in [0, 0.05) is 11.1 Å². The maximum Gasteiger partial charge on any atom is 0.240 e. The van der Waals surface area contributed by atoms with Crippen molar-refractivity contribution in [2.75, 3.05) is 0 Å². The van der Waals surface area contributed by atoms with Crippen molar-refractivity contribution in [3.63, 3.8) is 0 Å². The van der Waals surface area contributed by atoms with Crippen molar-refractivity contribution in [1.29, 1.82) is 0 Å². The average molecular weight is 253 g/mol. The van der Waals surface area contributed by atoms with Gasteiger partial charge in [-0.15, -0.1) is 0 Å². The van der Waals surface area contributed by atoms with E-state index >= 15 is 0 Å². The molecule has 0 bridgehead atoms. The molecule has 0 heterocycles. The summed E-state index contributed by atoms with van der Waals surface area (Å²) in [6.07, 6.45) is 2.35. The molecule has 0 aliphatic heterocycles. The third-order valence-corrected chi connectivity index (χ3v) is 3.28. The van der Waals surface area contributed by atoms with Gasteiger partial charge in [-0.1, -0.05) is 23.7 Å². The summed E-state index contributed by atoms with van der Waals surface area (Å²) in [7, 11) is 0. The number of carbonyl (C=O) groups excluding carboxylic acids is 1. The Bertz CT molecular complexity index is 429. The largest absolute Gasteiger partial charge is 0.352 e. The summed E-state index contributed by atoms with van der Waals surface area (Å²) in [6.45, 7) is 1.98. The molecule has 0 radical (unpaired) electrons. The highest BCUT2D eigenvalue weighted by molar-refractivity contribution is 6.30. The quantitative estimate of drug-likeness (QED) is 0.860. The van der Waals surface area contributed by atoms with Gasteiger partial charge in [-0.2, -0.15) is 0 Å². The predicted octanol–water partition coefficient (Wildman–Crippen LogP) is 1.88. The minimum atomic E-state index is -0.595. The molecule has 1 amide bonds. The smallest absolute Gasteiger partial charge is 0.240 e. The highest BCUT2D eigenvalue weighted by Crippen LogP contribution is 2.32. The molecule has 1 aliphatic carbocycles. The molecule has 1 unspecified atom stereocenters. The summed E-state index contributed by atoms with van der Waals surface area (Å²) in [5.74, 6) is -0.0352. The second-order valence-corrected chi connectivity index (χ2v) is 5.30. The molecule has 3 N–H and O–H groups in total. The Morgan fingerprint density at radius 3 is 2.88 bits per heavy atom. The third kappa shape index (κ3) is 3.20. The van der Waals surface area contributed by atoms with Gasteiger partial charge in [-0.05, 0) is 43.9 Å². The Balaban J connectivity index is 1.89. The highest BCUT2D eigenvalue weighted by atomic mass is 35.5. The maximum absolute atomic E-state index is 11.7. The summed E-state index contributed by atoms with van der Waals surface area (Å²) in [4.78, 5) is 11.7. The topological polar surface area (TPSA) is 55.1 Å². The second-order valence-electron chi connectivity index (χ2n) is 4.86. The zero-order valence-electron chi connectivity index (χ0n) is 9.87. The van der Waals surface area contributed by atoms with E-state index in [0.717, 1.165) is 29.8 Å². The molecule has 2 rings (SSSR count). The molecule has 0 saturated heterocycles. The number of rotatable bonds is 4. The van der Waals surface area contributed by atoms with Crippen LogP contribution in [0.4, 0.5) is 0 Å². The fourth-order valence-corrected chi connectivity index (χ4v) is 2.01. The van der Waals surface area contributed by atoms with Gasteiger partial charge >= 0.3 is 0 Å². The standard InChI is InChI=1S/C13H17ClN2O/c1-9(16-12(17)13(15)5-6-13)7-10-3-2-4-11(14)8-10/h2-4,8-9H,5-7,15H2,1H3,(H,16,17). The van der Waals surface area contributed by atoms with Crippen molar-refractivity contribution < 1.29 is 4.79 Å². The van der Waals surface area contributed by atoms with Crippen LogP contribution in [0.2, 0.25) is 5.02 Å². The fraction of sp³-hybridized carbons (Fsp3) is 0.462. The summed E-state index contributed by atoms with van der Waals surface area (Å²) < 4.78 is 0. The van der Waals surface area contributed by atoms with Crippen molar-refractivity contribution in [2.24, 2.45) is 5.73 Å². The minimum absolute atomic E-state index is 0.0352. The lowest BCUT2D eigenvalue weighted by Crippen LogP contribution is -2.46. The Morgan fingerprint density at radius 2 is 2.29 bits per heavy atom. The van der Waals surface area contributed by atoms with Gasteiger partial charge in [-0.25, -0.2) is 0 Å². The Hall–Kier alpha value is -1.06. The number of nitrogens with two attached hydrogens (primary N) is 1. The number of halogens is 1. The van der Waals surface area contributed by atoms with Crippen LogP contribution in [-0.2, 0) is 11.2 Å². The van der Waals surface area contributed by atoms with Gasteiger partial charge in [0.1, 0.15) is 0 Å². The molecule has 1 saturated carbocycles. The summed E-state index contributed by atoms with van der Waals surface area (Å²) in [6, 6.07) is 7.75. The molecular formula is C13H17ClN2O. The highest BCUT2D eigenvalue weighted by Gasteiger charge is 2.46. The molecule has 1 aromatic carbocycles. The molecule has 92 valence electrons. The van der Waals surface area contributed by atoms with Gasteiger partial charge in [0.15, 0.2) is 0 Å². The Labute approximate surface area is 106 Å². The zero-order valence-corrected chi connectivity index (χ0v) is 10.6. The molecular weight excluding hydrogens is 236 g/mol. The molecule has 1 atom stereocenters. The first-order valence-electron chi connectivity index (χ1n) is 5.84. The van der Waals surface area contributed by atoms with Crippen LogP contribution in [0.25, 0.3) is 0 Å². The molecule has 1 aromatic rings. The van der Waals surface area contributed by atoms with Gasteiger partial charge in [0.25, 0.3) is 0 Å². The maximum atomic E-state index is 11.7. The van der Waals surface area contributed by atoms with Crippen LogP contribution in [0.15, 0.2) is 24.3 Å². The van der Waals surface area contributed by atoms with Crippen LogP contribution >= 0.6 is 11.6 Å². The lowest BCUT2D eigenvalue weighted by molar-refractivity contribution is -0.123. The number of benzene rings is 1. The van der Waals surface area contributed by atoms with E-state index in [0.29, 0.717) is 0 Å². The molecule has 4 heteroatoms. The van der Waals surface area contributed by atoms with Crippen molar-refractivity contribution in [1.82, 2.24) is 5.32 Å². The van der Waals surface area contributed by atoms with Gasteiger partial charge < -0.3 is 11.1 Å². The number of carbonyl (C=O) groups is 1. The number of amides is 1. The van der Waals surface area contributed by atoms with Crippen molar-refractivity contribution in [3.05, 3.63) is 34.9 Å². The van der Waals surface area contributed by atoms with Gasteiger partial charge in [0.2, 0.25) is 5.91 Å². The summed E-state index contributed by atoms with van der Waals surface area (Å²) >= 11 is 5.91. The summed E-state index contributed by atoms with van der Waals surface area (Å²) in [5, 5.41) is 3.66. The van der Waals surface area contributed by atoms with E-state index in [2.05, 4.69) is 5.32 Å². The average Bonchev–Trinajstić information content (AvgIpc) is 2.97. The van der Waals surface area contributed by atoms with Crippen LogP contribution in [0.3, 0.4) is 0 Å². The van der Waals surface area contributed by atoms with E-state index < -0.39 is 5.54 Å². The van der Waals surface area contributed by atoms with Crippen LogP contribution in [0.1, 0.15) is 25.3 Å². The SMILES string of the molecule is CC(Cc1cccc(Cl)c1)NC(=O)C1(N)CC1. The second kappa shape index (κ2) is 4.67. The monoisotopic (exact) mass is 252 g/mol. The third-order valence-electron chi connectivity index (χ3n) is 3.05. The minimum Gasteiger partial charge on any atom is -0.352 e. The number of hydrogen-bond donors (Lipinski definition) is 2. The lowest BCUT2D eigenvalue weighted by atomic mass is 10.1. The van der Waals surface area contributed by atoms with Crippen molar-refractivity contribution >= 4 is 17.5 Å². The van der Waals surface area contributed by atoms with Crippen LogP contribution in [0, 0.1) is 0 Å². The first-order valence-corrected chi connectivity index (χ1v) is 6.22. The first kappa shape index (κ1) is 12.4. The van der Waals surface area contributed by atoms with Gasteiger partial charge in [0.05, 0.1) is 5.54 Å². The lowest BCUT2D eigenvalue weighted by Gasteiger charge is -2.17. The van der Waals surface area contributed by atoms with E-state index in [1.165, 1.54) is 0 Å². The molecule has 0 spiro atoms. The van der Waals surface area contributed by atoms with E-state index in [-0.39, 0.29) is 11.9 Å². The predicted molar refractivity (Wildman–Crippen MR) is 68.9 cm³/mol. The number of nitrogens with one attached hydrogen (secondary N) is 1. The Morgan fingerprint density at radius 1 is 1.59 bits per heavy atom. The van der Waals surface area contributed by atoms with Gasteiger partial charge in [-0.3, -0.25) is 4.79 Å². The first-order chi connectivity index (χ1) is 7.99. The zero-order chi connectivity index (χ0) is 12.5. The van der Waals surface area contributed by atoms with Crippen LogP contribution < -0.4 is 11.1 Å². The van der Waals surface area contributed by atoms with Crippen molar-refractivity contribution in [3.8, 4) is 0 Å². The van der Waals surface area contributed by atoms with E-state index in [4.69, 9.17) is 17.3 Å². The van der Waals surface area contributed by atoms with Crippen molar-refractivity contribution in [2.45, 2.75) is 37.8 Å². The molecule has 1 fully saturated rings. The number of hydrogen-bond acceptors (Lipinski definition) is 2. The Kier molecular flexibility index (Phi) is 3.40. The molecule has 0 aromatic heterocycles. The normalized spacial score (nSPS) is 18.5.